The first-order valence-corrected chi connectivity index (χ1v) is 7.49. The number of hydrogen-bond acceptors (Lipinski definition) is 3. The largest absolute Gasteiger partial charge is 0.375 e. The Bertz CT molecular complexity index is 465. The number of halogens is 2. The van der Waals surface area contributed by atoms with Gasteiger partial charge in [-0.25, -0.2) is 4.39 Å². The van der Waals surface area contributed by atoms with Gasteiger partial charge in [0.1, 0.15) is 5.82 Å². The van der Waals surface area contributed by atoms with Crippen LogP contribution in [0.2, 0.25) is 5.02 Å². The van der Waals surface area contributed by atoms with Crippen molar-refractivity contribution in [3.63, 3.8) is 0 Å². The van der Waals surface area contributed by atoms with Crippen molar-refractivity contribution in [3.8, 4) is 0 Å². The molecular formula is C15H19ClFNO2. The number of ether oxygens (including phenoxy) is 2. The van der Waals surface area contributed by atoms with E-state index in [-0.39, 0.29) is 18.0 Å². The maximum atomic E-state index is 13.3. The van der Waals surface area contributed by atoms with Crippen molar-refractivity contribution in [2.24, 2.45) is 0 Å². The number of nitrogens with zero attached hydrogens (tertiary/aromatic N) is 1. The van der Waals surface area contributed by atoms with Gasteiger partial charge in [0.15, 0.2) is 0 Å². The molecule has 2 atom stereocenters. The second-order valence-electron chi connectivity index (χ2n) is 5.43. The van der Waals surface area contributed by atoms with Crippen molar-refractivity contribution < 1.29 is 13.9 Å². The van der Waals surface area contributed by atoms with Crippen molar-refractivity contribution in [2.75, 3.05) is 26.3 Å². The first-order valence-electron chi connectivity index (χ1n) is 7.12. The van der Waals surface area contributed by atoms with Crippen molar-refractivity contribution in [1.29, 1.82) is 0 Å². The molecule has 0 saturated carbocycles. The Kier molecular flexibility index (Phi) is 4.56. The Balaban J connectivity index is 1.63. The Hall–Kier alpha value is -0.680. The molecule has 0 aromatic heterocycles. The molecule has 2 saturated heterocycles. The van der Waals surface area contributed by atoms with Crippen LogP contribution in [-0.2, 0) is 16.0 Å². The molecule has 1 aromatic carbocycles. The van der Waals surface area contributed by atoms with Crippen LogP contribution in [0.5, 0.6) is 0 Å². The SMILES string of the molecule is Fc1ccc(Cl)c(CN2CCO[C@@H]([C@@H]3CCCO3)C2)c1. The van der Waals surface area contributed by atoms with E-state index in [1.165, 1.54) is 12.1 Å². The quantitative estimate of drug-likeness (QED) is 0.857. The van der Waals surface area contributed by atoms with Gasteiger partial charge in [0.2, 0.25) is 0 Å². The van der Waals surface area contributed by atoms with Crippen LogP contribution in [0, 0.1) is 5.82 Å². The molecule has 2 aliphatic rings. The molecule has 110 valence electrons. The predicted octanol–water partition coefficient (Wildman–Crippen LogP) is 2.86. The molecule has 2 aliphatic heterocycles. The highest BCUT2D eigenvalue weighted by Gasteiger charge is 2.31. The first-order chi connectivity index (χ1) is 9.72. The molecular weight excluding hydrogens is 281 g/mol. The molecule has 0 unspecified atom stereocenters. The molecule has 2 heterocycles. The topological polar surface area (TPSA) is 21.7 Å². The van der Waals surface area contributed by atoms with E-state index in [0.717, 1.165) is 38.1 Å². The zero-order valence-corrected chi connectivity index (χ0v) is 12.1. The van der Waals surface area contributed by atoms with E-state index in [1.807, 2.05) is 0 Å². The molecule has 0 radical (unpaired) electrons. The lowest BCUT2D eigenvalue weighted by Crippen LogP contribution is -2.47. The first kappa shape index (κ1) is 14.3. The van der Waals surface area contributed by atoms with Gasteiger partial charge in [0, 0.05) is 31.3 Å². The maximum Gasteiger partial charge on any atom is 0.123 e. The molecule has 0 N–H and O–H groups in total. The second-order valence-corrected chi connectivity index (χ2v) is 5.84. The van der Waals surface area contributed by atoms with Crippen molar-refractivity contribution in [1.82, 2.24) is 4.90 Å². The summed E-state index contributed by atoms with van der Waals surface area (Å²) in [5, 5.41) is 0.617. The van der Waals surface area contributed by atoms with Crippen LogP contribution >= 0.6 is 11.6 Å². The Morgan fingerprint density at radius 2 is 2.10 bits per heavy atom. The molecule has 0 aliphatic carbocycles. The average molecular weight is 300 g/mol. The van der Waals surface area contributed by atoms with Crippen LogP contribution in [0.15, 0.2) is 18.2 Å². The number of morpholine rings is 1. The fourth-order valence-electron chi connectivity index (χ4n) is 2.90. The van der Waals surface area contributed by atoms with Gasteiger partial charge in [-0.1, -0.05) is 11.6 Å². The van der Waals surface area contributed by atoms with Crippen molar-refractivity contribution in [3.05, 3.63) is 34.6 Å². The van der Waals surface area contributed by atoms with E-state index >= 15 is 0 Å². The zero-order chi connectivity index (χ0) is 13.9. The molecule has 20 heavy (non-hydrogen) atoms. The van der Waals surface area contributed by atoms with Crippen molar-refractivity contribution >= 4 is 11.6 Å². The number of rotatable bonds is 3. The molecule has 5 heteroatoms. The minimum Gasteiger partial charge on any atom is -0.375 e. The van der Waals surface area contributed by atoms with E-state index in [9.17, 15) is 4.39 Å². The average Bonchev–Trinajstić information content (AvgIpc) is 2.97. The second kappa shape index (κ2) is 6.39. The lowest BCUT2D eigenvalue weighted by molar-refractivity contribution is -0.0960. The van der Waals surface area contributed by atoms with Crippen LogP contribution < -0.4 is 0 Å². The summed E-state index contributed by atoms with van der Waals surface area (Å²) in [6.07, 6.45) is 2.51. The van der Waals surface area contributed by atoms with Crippen LogP contribution in [0.3, 0.4) is 0 Å². The predicted molar refractivity (Wildman–Crippen MR) is 75.4 cm³/mol. The third-order valence-electron chi connectivity index (χ3n) is 3.96. The summed E-state index contributed by atoms with van der Waals surface area (Å²) in [5.41, 5.74) is 0.833. The van der Waals surface area contributed by atoms with Gasteiger partial charge in [-0.05, 0) is 36.6 Å². The Morgan fingerprint density at radius 1 is 1.25 bits per heavy atom. The molecule has 0 amide bonds. The normalized spacial score (nSPS) is 27.9. The monoisotopic (exact) mass is 299 g/mol. The minimum atomic E-state index is -0.242. The standard InChI is InChI=1S/C15H19ClFNO2/c16-13-4-3-12(17)8-11(13)9-18-5-7-20-15(10-18)14-2-1-6-19-14/h3-4,8,14-15H,1-2,5-7,9-10H2/t14-,15+/m0/s1. The fraction of sp³-hybridized carbons (Fsp3) is 0.600. The number of benzene rings is 1. The van der Waals surface area contributed by atoms with Crippen LogP contribution in [0.1, 0.15) is 18.4 Å². The highest BCUT2D eigenvalue weighted by Crippen LogP contribution is 2.24. The maximum absolute atomic E-state index is 13.3. The summed E-state index contributed by atoms with van der Waals surface area (Å²) in [7, 11) is 0. The molecule has 1 aromatic rings. The van der Waals surface area contributed by atoms with E-state index in [2.05, 4.69) is 4.90 Å². The zero-order valence-electron chi connectivity index (χ0n) is 11.4. The van der Waals surface area contributed by atoms with E-state index in [1.54, 1.807) is 6.07 Å². The van der Waals surface area contributed by atoms with Gasteiger partial charge in [0.25, 0.3) is 0 Å². The molecule has 3 nitrogen and oxygen atoms in total. The van der Waals surface area contributed by atoms with Gasteiger partial charge < -0.3 is 9.47 Å². The molecule has 2 fully saturated rings. The summed E-state index contributed by atoms with van der Waals surface area (Å²) in [6.45, 7) is 3.84. The van der Waals surface area contributed by atoms with Crippen LogP contribution in [0.25, 0.3) is 0 Å². The third kappa shape index (κ3) is 3.31. The molecule has 3 rings (SSSR count). The summed E-state index contributed by atoms with van der Waals surface area (Å²) in [4.78, 5) is 2.26. The molecule has 0 bridgehead atoms. The lowest BCUT2D eigenvalue weighted by Gasteiger charge is -2.35. The summed E-state index contributed by atoms with van der Waals surface area (Å²) < 4.78 is 24.8. The smallest absolute Gasteiger partial charge is 0.123 e. The van der Waals surface area contributed by atoms with E-state index in [4.69, 9.17) is 21.1 Å². The van der Waals surface area contributed by atoms with Crippen LogP contribution in [-0.4, -0.2) is 43.4 Å². The van der Waals surface area contributed by atoms with E-state index in [0.29, 0.717) is 18.2 Å². The molecule has 0 spiro atoms. The third-order valence-corrected chi connectivity index (χ3v) is 4.33. The van der Waals surface area contributed by atoms with Crippen LogP contribution in [0.4, 0.5) is 4.39 Å². The Labute approximate surface area is 123 Å². The Morgan fingerprint density at radius 3 is 2.90 bits per heavy atom. The van der Waals surface area contributed by atoms with Crippen molar-refractivity contribution in [2.45, 2.75) is 31.6 Å². The number of hydrogen-bond donors (Lipinski definition) is 0. The van der Waals surface area contributed by atoms with E-state index < -0.39 is 0 Å². The van der Waals surface area contributed by atoms with Gasteiger partial charge in [-0.2, -0.15) is 0 Å². The van der Waals surface area contributed by atoms with Gasteiger partial charge in [-0.3, -0.25) is 4.90 Å². The summed E-state index contributed by atoms with van der Waals surface area (Å²) in [6, 6.07) is 4.52. The highest BCUT2D eigenvalue weighted by atomic mass is 35.5. The van der Waals surface area contributed by atoms with Gasteiger partial charge in [0.05, 0.1) is 18.8 Å². The lowest BCUT2D eigenvalue weighted by atomic mass is 10.1. The minimum absolute atomic E-state index is 0.124. The van der Waals surface area contributed by atoms with Gasteiger partial charge in [-0.15, -0.1) is 0 Å². The fourth-order valence-corrected chi connectivity index (χ4v) is 3.08. The highest BCUT2D eigenvalue weighted by molar-refractivity contribution is 6.31. The summed E-state index contributed by atoms with van der Waals surface area (Å²) in [5.74, 6) is -0.242. The summed E-state index contributed by atoms with van der Waals surface area (Å²) >= 11 is 6.13. The van der Waals surface area contributed by atoms with Gasteiger partial charge >= 0.3 is 0 Å².